The molecule has 2 aromatic rings. The second kappa shape index (κ2) is 9.15. The van der Waals surface area contributed by atoms with Crippen molar-refractivity contribution >= 4 is 35.0 Å². The van der Waals surface area contributed by atoms with Crippen LogP contribution in [0, 0.1) is 0 Å². The molecule has 1 unspecified atom stereocenters. The van der Waals surface area contributed by atoms with Crippen molar-refractivity contribution in [1.29, 1.82) is 0 Å². The Morgan fingerprint density at radius 3 is 2.23 bits per heavy atom. The van der Waals surface area contributed by atoms with Crippen molar-refractivity contribution < 1.29 is 19.1 Å². The molecule has 2 N–H and O–H groups in total. The van der Waals surface area contributed by atoms with Crippen LogP contribution in [0.4, 0.5) is 11.4 Å². The maximum absolute atomic E-state index is 12.5. The summed E-state index contributed by atoms with van der Waals surface area (Å²) < 4.78 is 10.5. The molecule has 0 saturated carbocycles. The SMILES string of the molecule is COc1ccc(SC(C)C(=O)Nc2cccc(NC(C)=O)c2)cc1OC. The number of ether oxygens (including phenoxy) is 2. The zero-order valence-electron chi connectivity index (χ0n) is 15.2. The first-order chi connectivity index (χ1) is 12.4. The predicted molar refractivity (Wildman–Crippen MR) is 104 cm³/mol. The van der Waals surface area contributed by atoms with E-state index in [1.54, 1.807) is 38.5 Å². The zero-order valence-corrected chi connectivity index (χ0v) is 16.0. The summed E-state index contributed by atoms with van der Waals surface area (Å²) >= 11 is 1.42. The van der Waals surface area contributed by atoms with Crippen LogP contribution in [0.5, 0.6) is 11.5 Å². The third-order valence-electron chi connectivity index (χ3n) is 3.49. The summed E-state index contributed by atoms with van der Waals surface area (Å²) in [6.07, 6.45) is 0. The van der Waals surface area contributed by atoms with Gasteiger partial charge in [-0.1, -0.05) is 6.07 Å². The van der Waals surface area contributed by atoms with Crippen LogP contribution in [0.3, 0.4) is 0 Å². The first-order valence-electron chi connectivity index (χ1n) is 8.00. The number of amides is 2. The van der Waals surface area contributed by atoms with Gasteiger partial charge in [-0.2, -0.15) is 0 Å². The van der Waals surface area contributed by atoms with Crippen molar-refractivity contribution in [3.8, 4) is 11.5 Å². The monoisotopic (exact) mass is 374 g/mol. The highest BCUT2D eigenvalue weighted by Gasteiger charge is 2.16. The fourth-order valence-electron chi connectivity index (χ4n) is 2.27. The van der Waals surface area contributed by atoms with E-state index in [9.17, 15) is 9.59 Å². The second-order valence-corrected chi connectivity index (χ2v) is 6.94. The fourth-order valence-corrected chi connectivity index (χ4v) is 3.17. The maximum atomic E-state index is 12.5. The Hall–Kier alpha value is -2.67. The summed E-state index contributed by atoms with van der Waals surface area (Å²) in [7, 11) is 3.15. The fraction of sp³-hybridized carbons (Fsp3) is 0.263. The van der Waals surface area contributed by atoms with Gasteiger partial charge in [-0.05, 0) is 43.3 Å². The highest BCUT2D eigenvalue weighted by Crippen LogP contribution is 2.33. The van der Waals surface area contributed by atoms with Crippen LogP contribution in [0.2, 0.25) is 0 Å². The van der Waals surface area contributed by atoms with Gasteiger partial charge < -0.3 is 20.1 Å². The number of nitrogens with one attached hydrogen (secondary N) is 2. The van der Waals surface area contributed by atoms with E-state index in [0.717, 1.165) is 4.90 Å². The molecular formula is C19H22N2O4S. The molecule has 138 valence electrons. The summed E-state index contributed by atoms with van der Waals surface area (Å²) in [5.74, 6) is 0.965. The Kier molecular flexibility index (Phi) is 6.91. The van der Waals surface area contributed by atoms with E-state index in [2.05, 4.69) is 10.6 Å². The third-order valence-corrected chi connectivity index (χ3v) is 4.58. The van der Waals surface area contributed by atoms with Crippen LogP contribution in [0.25, 0.3) is 0 Å². The number of anilines is 2. The van der Waals surface area contributed by atoms with Crippen LogP contribution in [0.15, 0.2) is 47.4 Å². The molecule has 6 nitrogen and oxygen atoms in total. The molecule has 0 aliphatic rings. The van der Waals surface area contributed by atoms with Gasteiger partial charge in [-0.15, -0.1) is 11.8 Å². The van der Waals surface area contributed by atoms with Crippen molar-refractivity contribution in [3.05, 3.63) is 42.5 Å². The van der Waals surface area contributed by atoms with Crippen molar-refractivity contribution in [1.82, 2.24) is 0 Å². The number of hydrogen-bond acceptors (Lipinski definition) is 5. The molecule has 0 aromatic heterocycles. The minimum Gasteiger partial charge on any atom is -0.493 e. The Morgan fingerprint density at radius 1 is 0.962 bits per heavy atom. The van der Waals surface area contributed by atoms with Crippen LogP contribution in [-0.4, -0.2) is 31.3 Å². The van der Waals surface area contributed by atoms with Gasteiger partial charge in [0.2, 0.25) is 11.8 Å². The molecule has 0 bridgehead atoms. The first-order valence-corrected chi connectivity index (χ1v) is 8.88. The third kappa shape index (κ3) is 5.42. The van der Waals surface area contributed by atoms with Gasteiger partial charge in [0.05, 0.1) is 19.5 Å². The molecule has 7 heteroatoms. The average Bonchev–Trinajstić information content (AvgIpc) is 2.61. The number of hydrogen-bond donors (Lipinski definition) is 2. The number of methoxy groups -OCH3 is 2. The van der Waals surface area contributed by atoms with E-state index >= 15 is 0 Å². The minimum atomic E-state index is -0.322. The lowest BCUT2D eigenvalue weighted by Crippen LogP contribution is -2.22. The molecule has 0 spiro atoms. The maximum Gasteiger partial charge on any atom is 0.237 e. The van der Waals surface area contributed by atoms with E-state index in [-0.39, 0.29) is 17.1 Å². The summed E-state index contributed by atoms with van der Waals surface area (Å²) in [4.78, 5) is 24.5. The van der Waals surface area contributed by atoms with Crippen LogP contribution in [0.1, 0.15) is 13.8 Å². The second-order valence-electron chi connectivity index (χ2n) is 5.53. The lowest BCUT2D eigenvalue weighted by molar-refractivity contribution is -0.115. The quantitative estimate of drug-likeness (QED) is 0.721. The van der Waals surface area contributed by atoms with E-state index in [0.29, 0.717) is 22.9 Å². The van der Waals surface area contributed by atoms with Crippen LogP contribution < -0.4 is 20.1 Å². The van der Waals surface area contributed by atoms with Crippen molar-refractivity contribution in [2.75, 3.05) is 24.9 Å². The lowest BCUT2D eigenvalue weighted by atomic mass is 10.2. The van der Waals surface area contributed by atoms with E-state index < -0.39 is 0 Å². The highest BCUT2D eigenvalue weighted by atomic mass is 32.2. The molecule has 0 saturated heterocycles. The molecule has 1 atom stereocenters. The molecule has 0 radical (unpaired) electrons. The molecule has 2 aromatic carbocycles. The Labute approximate surface area is 157 Å². The summed E-state index contributed by atoms with van der Waals surface area (Å²) in [5, 5.41) is 5.23. The van der Waals surface area contributed by atoms with Crippen LogP contribution >= 0.6 is 11.8 Å². The standard InChI is InChI=1S/C19H22N2O4S/c1-12(26-16-8-9-17(24-3)18(11-16)25-4)19(23)21-15-7-5-6-14(10-15)20-13(2)22/h5-12H,1-4H3,(H,20,22)(H,21,23). The zero-order chi connectivity index (χ0) is 19.1. The molecule has 2 amide bonds. The van der Waals surface area contributed by atoms with Crippen molar-refractivity contribution in [3.63, 3.8) is 0 Å². The molecule has 0 aliphatic heterocycles. The summed E-state index contributed by atoms with van der Waals surface area (Å²) in [5.41, 5.74) is 1.26. The van der Waals surface area contributed by atoms with Crippen molar-refractivity contribution in [2.45, 2.75) is 24.0 Å². The number of rotatable bonds is 7. The van der Waals surface area contributed by atoms with Gasteiger partial charge in [0.1, 0.15) is 0 Å². The van der Waals surface area contributed by atoms with Gasteiger partial charge >= 0.3 is 0 Å². The first kappa shape index (κ1) is 19.7. The normalized spacial score (nSPS) is 11.4. The number of carbonyl (C=O) groups excluding carboxylic acids is 2. The van der Waals surface area contributed by atoms with Gasteiger partial charge in [-0.25, -0.2) is 0 Å². The van der Waals surface area contributed by atoms with E-state index in [1.165, 1.54) is 18.7 Å². The number of carbonyl (C=O) groups is 2. The molecule has 0 aliphatic carbocycles. The molecular weight excluding hydrogens is 352 g/mol. The minimum absolute atomic E-state index is 0.134. The van der Waals surface area contributed by atoms with E-state index in [1.807, 2.05) is 25.1 Å². The number of benzene rings is 2. The van der Waals surface area contributed by atoms with Gasteiger partial charge in [-0.3, -0.25) is 9.59 Å². The average molecular weight is 374 g/mol. The predicted octanol–water partition coefficient (Wildman–Crippen LogP) is 3.78. The topological polar surface area (TPSA) is 76.7 Å². The summed E-state index contributed by atoms with van der Waals surface area (Å²) in [6.45, 7) is 3.27. The Morgan fingerprint density at radius 2 is 1.62 bits per heavy atom. The van der Waals surface area contributed by atoms with Gasteiger partial charge in [0.15, 0.2) is 11.5 Å². The number of thioether (sulfide) groups is 1. The Bertz CT molecular complexity index is 795. The van der Waals surface area contributed by atoms with Crippen LogP contribution in [-0.2, 0) is 9.59 Å². The van der Waals surface area contributed by atoms with Gasteiger partial charge in [0, 0.05) is 23.2 Å². The smallest absolute Gasteiger partial charge is 0.237 e. The van der Waals surface area contributed by atoms with E-state index in [4.69, 9.17) is 9.47 Å². The molecule has 2 rings (SSSR count). The molecule has 0 heterocycles. The summed E-state index contributed by atoms with van der Waals surface area (Å²) in [6, 6.07) is 12.6. The molecule has 0 fully saturated rings. The lowest BCUT2D eigenvalue weighted by Gasteiger charge is -2.14. The molecule has 26 heavy (non-hydrogen) atoms. The van der Waals surface area contributed by atoms with Crippen molar-refractivity contribution in [2.24, 2.45) is 0 Å². The van der Waals surface area contributed by atoms with Gasteiger partial charge in [0.25, 0.3) is 0 Å². The highest BCUT2D eigenvalue weighted by molar-refractivity contribution is 8.00. The Balaban J connectivity index is 2.02. The largest absolute Gasteiger partial charge is 0.493 e.